The molecular weight excluding hydrogens is 530 g/mol. The summed E-state index contributed by atoms with van der Waals surface area (Å²) in [6.45, 7) is 5.66. The molecule has 0 radical (unpaired) electrons. The average molecular weight is 574 g/mol. The Kier molecular flexibility index (Phi) is 7.64. The first-order valence-electron chi connectivity index (χ1n) is 15.5. The normalized spacial score (nSPS) is 28.1. The van der Waals surface area contributed by atoms with E-state index in [0.29, 0.717) is 30.6 Å². The molecule has 2 saturated heterocycles. The van der Waals surface area contributed by atoms with Gasteiger partial charge in [-0.25, -0.2) is 0 Å². The lowest BCUT2D eigenvalue weighted by Crippen LogP contribution is -2.60. The topological polar surface area (TPSA) is 90.4 Å². The third-order valence-corrected chi connectivity index (χ3v) is 10.2. The van der Waals surface area contributed by atoms with Crippen molar-refractivity contribution in [3.63, 3.8) is 0 Å². The molecule has 3 heterocycles. The van der Waals surface area contributed by atoms with Gasteiger partial charge in [0.15, 0.2) is 0 Å². The quantitative estimate of drug-likeness (QED) is 0.508. The largest absolute Gasteiger partial charge is 0.385 e. The summed E-state index contributed by atoms with van der Waals surface area (Å²) in [5.74, 6) is -0.616. The van der Waals surface area contributed by atoms with Gasteiger partial charge >= 0.3 is 0 Å². The summed E-state index contributed by atoms with van der Waals surface area (Å²) in [6, 6.07) is 15.5. The fourth-order valence-electron chi connectivity index (χ4n) is 7.84. The molecule has 1 N–H and O–H groups in total. The van der Waals surface area contributed by atoms with Crippen molar-refractivity contribution in [3.05, 3.63) is 65.2 Å². The molecule has 3 aliphatic heterocycles. The molecule has 0 bridgehead atoms. The van der Waals surface area contributed by atoms with E-state index < -0.39 is 11.2 Å². The number of imide groups is 1. The van der Waals surface area contributed by atoms with Gasteiger partial charge in [0.25, 0.3) is 11.8 Å². The standard InChI is InChI=1S/C34H43N3O5/c1-33(2,42-3)22-37-31(39)25-14-9-17-28(29(25)32(37)40)35-19-10-11-23(21-35)30(38)36-20-18-34(41,24-12-5-4-6-13-24)26-15-7-8-16-27(26)36/h4-6,9,12-14,17,23,26-27,41H,7-8,10-11,15-16,18-22H2,1-3H3/t23?,26-,27+,34+/m0/s1. The van der Waals surface area contributed by atoms with Crippen LogP contribution in [-0.4, -0.2) is 77.6 Å². The Morgan fingerprint density at radius 2 is 1.74 bits per heavy atom. The van der Waals surface area contributed by atoms with Gasteiger partial charge in [-0.1, -0.05) is 49.2 Å². The van der Waals surface area contributed by atoms with Crippen LogP contribution in [0.25, 0.3) is 0 Å². The van der Waals surface area contributed by atoms with Crippen LogP contribution in [0.2, 0.25) is 0 Å². The zero-order valence-electron chi connectivity index (χ0n) is 25.1. The van der Waals surface area contributed by atoms with E-state index in [1.54, 1.807) is 13.2 Å². The highest BCUT2D eigenvalue weighted by Gasteiger charge is 2.51. The number of aliphatic hydroxyl groups is 1. The van der Waals surface area contributed by atoms with Crippen LogP contribution in [-0.2, 0) is 15.1 Å². The number of piperidine rings is 2. The Bertz CT molecular complexity index is 1360. The monoisotopic (exact) mass is 573 g/mol. The third kappa shape index (κ3) is 4.92. The maximum absolute atomic E-state index is 14.2. The van der Waals surface area contributed by atoms with Crippen molar-refractivity contribution in [2.45, 2.75) is 76.0 Å². The number of fused-ring (bicyclic) bond motifs is 2. The van der Waals surface area contributed by atoms with Crippen molar-refractivity contribution < 1.29 is 24.2 Å². The molecule has 8 heteroatoms. The van der Waals surface area contributed by atoms with E-state index in [1.165, 1.54) is 4.90 Å². The van der Waals surface area contributed by atoms with Gasteiger partial charge < -0.3 is 19.6 Å². The number of nitrogens with zero attached hydrogens (tertiary/aromatic N) is 3. The summed E-state index contributed by atoms with van der Waals surface area (Å²) in [7, 11) is 1.58. The highest BCUT2D eigenvalue weighted by atomic mass is 16.5. The molecule has 4 atom stereocenters. The van der Waals surface area contributed by atoms with E-state index in [-0.39, 0.29) is 42.1 Å². The minimum Gasteiger partial charge on any atom is -0.385 e. The van der Waals surface area contributed by atoms with Crippen LogP contribution in [0.5, 0.6) is 0 Å². The van der Waals surface area contributed by atoms with Gasteiger partial charge in [0, 0.05) is 38.7 Å². The lowest BCUT2D eigenvalue weighted by Gasteiger charge is -2.53. The Hall–Kier alpha value is -3.23. The van der Waals surface area contributed by atoms with E-state index >= 15 is 0 Å². The van der Waals surface area contributed by atoms with Crippen LogP contribution in [0.15, 0.2) is 48.5 Å². The Morgan fingerprint density at radius 1 is 0.976 bits per heavy atom. The molecule has 8 nitrogen and oxygen atoms in total. The third-order valence-electron chi connectivity index (χ3n) is 10.2. The molecule has 2 aromatic carbocycles. The first kappa shape index (κ1) is 28.9. The molecule has 3 amide bonds. The highest BCUT2D eigenvalue weighted by Crippen LogP contribution is 2.47. The minimum atomic E-state index is -0.914. The number of carbonyl (C=O) groups is 3. The molecule has 224 valence electrons. The number of amides is 3. The summed E-state index contributed by atoms with van der Waals surface area (Å²) in [5.41, 5.74) is 0.961. The second-order valence-corrected chi connectivity index (χ2v) is 13.2. The van der Waals surface area contributed by atoms with Crippen LogP contribution in [0.3, 0.4) is 0 Å². The maximum Gasteiger partial charge on any atom is 0.263 e. The zero-order valence-corrected chi connectivity index (χ0v) is 25.1. The number of likely N-dealkylation sites (tertiary alicyclic amines) is 1. The maximum atomic E-state index is 14.2. The van der Waals surface area contributed by atoms with Crippen molar-refractivity contribution in [2.24, 2.45) is 11.8 Å². The molecule has 0 aromatic heterocycles. The number of rotatable bonds is 6. The number of carbonyl (C=O) groups excluding carboxylic acids is 3. The van der Waals surface area contributed by atoms with Gasteiger partial charge in [-0.15, -0.1) is 0 Å². The van der Waals surface area contributed by atoms with Crippen LogP contribution in [0, 0.1) is 11.8 Å². The summed E-state index contributed by atoms with van der Waals surface area (Å²) in [6.07, 6.45) is 6.13. The molecule has 0 spiro atoms. The Morgan fingerprint density at radius 3 is 2.50 bits per heavy atom. The van der Waals surface area contributed by atoms with Crippen molar-refractivity contribution in [2.75, 3.05) is 38.2 Å². The van der Waals surface area contributed by atoms with Gasteiger partial charge in [0.2, 0.25) is 5.91 Å². The van der Waals surface area contributed by atoms with Crippen LogP contribution in [0.1, 0.15) is 85.1 Å². The molecule has 6 rings (SSSR count). The lowest BCUT2D eigenvalue weighted by atomic mass is 9.66. The molecule has 42 heavy (non-hydrogen) atoms. The number of benzene rings is 2. The fraction of sp³-hybridized carbons (Fsp3) is 0.559. The number of anilines is 1. The summed E-state index contributed by atoms with van der Waals surface area (Å²) < 4.78 is 5.50. The molecule has 4 aliphatic rings. The van der Waals surface area contributed by atoms with Gasteiger partial charge in [0.1, 0.15) is 0 Å². The molecule has 1 unspecified atom stereocenters. The van der Waals surface area contributed by atoms with E-state index in [2.05, 4.69) is 9.80 Å². The van der Waals surface area contributed by atoms with E-state index in [0.717, 1.165) is 56.3 Å². The molecule has 1 aliphatic carbocycles. The summed E-state index contributed by atoms with van der Waals surface area (Å²) >= 11 is 0. The van der Waals surface area contributed by atoms with Gasteiger partial charge in [-0.05, 0) is 63.6 Å². The van der Waals surface area contributed by atoms with E-state index in [4.69, 9.17) is 4.74 Å². The number of hydrogen-bond acceptors (Lipinski definition) is 6. The zero-order chi connectivity index (χ0) is 29.6. The van der Waals surface area contributed by atoms with Crippen molar-refractivity contribution in [1.82, 2.24) is 9.80 Å². The predicted octanol–water partition coefficient (Wildman–Crippen LogP) is 4.60. The summed E-state index contributed by atoms with van der Waals surface area (Å²) in [4.78, 5) is 46.5. The number of ether oxygens (including phenoxy) is 1. The Balaban J connectivity index is 1.22. The van der Waals surface area contributed by atoms with Crippen molar-refractivity contribution >= 4 is 23.4 Å². The number of methoxy groups -OCH3 is 1. The van der Waals surface area contributed by atoms with E-state index in [1.807, 2.05) is 56.3 Å². The fourth-order valence-corrected chi connectivity index (χ4v) is 7.84. The van der Waals surface area contributed by atoms with Gasteiger partial charge in [-0.3, -0.25) is 19.3 Å². The van der Waals surface area contributed by atoms with Crippen LogP contribution < -0.4 is 4.90 Å². The SMILES string of the molecule is COC(C)(C)CN1C(=O)c2cccc(N3CCCC(C(=O)N4CC[C@@](O)(c5ccccc5)[C@H]5CCCC[C@H]54)C3)c2C1=O. The second kappa shape index (κ2) is 11.1. The first-order valence-corrected chi connectivity index (χ1v) is 15.5. The van der Waals surface area contributed by atoms with Crippen LogP contribution in [0.4, 0.5) is 5.69 Å². The molecule has 1 saturated carbocycles. The summed E-state index contributed by atoms with van der Waals surface area (Å²) in [5, 5.41) is 12.0. The van der Waals surface area contributed by atoms with Gasteiger partial charge in [0.05, 0.1) is 40.5 Å². The molecule has 2 aromatic rings. The minimum absolute atomic E-state index is 0.0226. The molecule has 3 fully saturated rings. The number of hydrogen-bond donors (Lipinski definition) is 1. The predicted molar refractivity (Wildman–Crippen MR) is 160 cm³/mol. The molecular formula is C34H43N3O5. The van der Waals surface area contributed by atoms with Crippen molar-refractivity contribution in [3.8, 4) is 0 Å². The van der Waals surface area contributed by atoms with Crippen LogP contribution >= 0.6 is 0 Å². The van der Waals surface area contributed by atoms with Crippen molar-refractivity contribution in [1.29, 1.82) is 0 Å². The smallest absolute Gasteiger partial charge is 0.263 e. The first-order chi connectivity index (χ1) is 20.1. The second-order valence-electron chi connectivity index (χ2n) is 13.2. The van der Waals surface area contributed by atoms with E-state index in [9.17, 15) is 19.5 Å². The average Bonchev–Trinajstić information content (AvgIpc) is 3.26. The highest BCUT2D eigenvalue weighted by molar-refractivity contribution is 6.23. The van der Waals surface area contributed by atoms with Gasteiger partial charge in [-0.2, -0.15) is 0 Å². The lowest BCUT2D eigenvalue weighted by molar-refractivity contribution is -0.158. The Labute approximate surface area is 248 Å².